The summed E-state index contributed by atoms with van der Waals surface area (Å²) in [5.41, 5.74) is 0.326. The smallest absolute Gasteiger partial charge is 0.0545 e. The number of hydrogen-bond acceptors (Lipinski definition) is 3. The van der Waals surface area contributed by atoms with E-state index < -0.39 is 0 Å². The van der Waals surface area contributed by atoms with E-state index in [1.54, 1.807) is 0 Å². The highest BCUT2D eigenvalue weighted by molar-refractivity contribution is 7.99. The van der Waals surface area contributed by atoms with Gasteiger partial charge in [-0.25, -0.2) is 0 Å². The van der Waals surface area contributed by atoms with Gasteiger partial charge in [-0.05, 0) is 11.3 Å². The quantitative estimate of drug-likeness (QED) is 0.616. The van der Waals surface area contributed by atoms with Gasteiger partial charge in [0, 0.05) is 37.5 Å². The average molecular weight is 282 g/mol. The molecule has 0 radical (unpaired) electrons. The predicted molar refractivity (Wildman–Crippen MR) is 87.6 cm³/mol. The van der Waals surface area contributed by atoms with Crippen molar-refractivity contribution in [1.29, 1.82) is 0 Å². The topological polar surface area (TPSA) is 15.3 Å². The Bertz CT molecular complexity index is 301. The highest BCUT2D eigenvalue weighted by Gasteiger charge is 2.34. The Morgan fingerprint density at radius 3 is 2.63 bits per heavy atom. The van der Waals surface area contributed by atoms with Crippen LogP contribution in [0.15, 0.2) is 0 Å². The molecule has 1 rings (SSSR count). The van der Waals surface area contributed by atoms with E-state index in [1.807, 2.05) is 11.8 Å². The summed E-state index contributed by atoms with van der Waals surface area (Å²) in [5.74, 6) is 5.38. The number of hydrogen-bond donors (Lipinski definition) is 1. The third-order valence-corrected chi connectivity index (χ3v) is 4.82. The van der Waals surface area contributed by atoms with E-state index in [1.165, 1.54) is 0 Å². The van der Waals surface area contributed by atoms with Crippen LogP contribution in [0, 0.1) is 23.7 Å². The Kier molecular flexibility index (Phi) is 6.73. The number of thioether (sulfide) groups is 1. The molecular weight excluding hydrogens is 252 g/mol. The Morgan fingerprint density at radius 2 is 2.11 bits per heavy atom. The minimum atomic E-state index is 0.326. The first-order chi connectivity index (χ1) is 8.86. The number of rotatable bonds is 5. The zero-order chi connectivity index (χ0) is 14.5. The fourth-order valence-corrected chi connectivity index (χ4v) is 3.26. The van der Waals surface area contributed by atoms with Crippen molar-refractivity contribution in [1.82, 2.24) is 10.2 Å². The molecule has 19 heavy (non-hydrogen) atoms. The fraction of sp³-hybridized carbons (Fsp3) is 0.875. The van der Waals surface area contributed by atoms with Crippen molar-refractivity contribution in [3.05, 3.63) is 0 Å². The first kappa shape index (κ1) is 16.9. The van der Waals surface area contributed by atoms with Crippen LogP contribution in [-0.4, -0.2) is 48.1 Å². The van der Waals surface area contributed by atoms with Crippen LogP contribution in [0.3, 0.4) is 0 Å². The summed E-state index contributed by atoms with van der Waals surface area (Å²) < 4.78 is 0. The Balaban J connectivity index is 2.56. The highest BCUT2D eigenvalue weighted by atomic mass is 32.2. The highest BCUT2D eigenvalue weighted by Crippen LogP contribution is 2.25. The summed E-state index contributed by atoms with van der Waals surface area (Å²) in [7, 11) is 0. The molecule has 0 aromatic rings. The molecule has 1 aliphatic heterocycles. The van der Waals surface area contributed by atoms with E-state index in [2.05, 4.69) is 50.8 Å². The van der Waals surface area contributed by atoms with Gasteiger partial charge in [0.15, 0.2) is 0 Å². The van der Waals surface area contributed by atoms with Crippen LogP contribution in [0.5, 0.6) is 0 Å². The van der Waals surface area contributed by atoms with Crippen molar-refractivity contribution in [2.24, 2.45) is 11.3 Å². The second-order valence-electron chi connectivity index (χ2n) is 6.89. The lowest BCUT2D eigenvalue weighted by Gasteiger charge is -2.46. The van der Waals surface area contributed by atoms with Gasteiger partial charge in [0.05, 0.1) is 5.75 Å². The van der Waals surface area contributed by atoms with Crippen molar-refractivity contribution in [2.75, 3.05) is 31.1 Å². The van der Waals surface area contributed by atoms with Crippen molar-refractivity contribution < 1.29 is 0 Å². The van der Waals surface area contributed by atoms with E-state index >= 15 is 0 Å². The van der Waals surface area contributed by atoms with Gasteiger partial charge < -0.3 is 5.32 Å². The molecule has 1 saturated heterocycles. The molecule has 1 fully saturated rings. The van der Waals surface area contributed by atoms with Crippen molar-refractivity contribution >= 4 is 11.8 Å². The summed E-state index contributed by atoms with van der Waals surface area (Å²) in [6.07, 6.45) is 5.31. The lowest BCUT2D eigenvalue weighted by molar-refractivity contribution is 0.0687. The number of terminal acetylenes is 1. The molecule has 1 aliphatic rings. The van der Waals surface area contributed by atoms with Gasteiger partial charge in [0.1, 0.15) is 0 Å². The second kappa shape index (κ2) is 7.57. The van der Waals surface area contributed by atoms with Gasteiger partial charge in [0.2, 0.25) is 0 Å². The molecule has 2 atom stereocenters. The Labute approximate surface area is 124 Å². The minimum absolute atomic E-state index is 0.326. The van der Waals surface area contributed by atoms with E-state index in [9.17, 15) is 0 Å². The molecule has 1 N–H and O–H groups in total. The lowest BCUT2D eigenvalue weighted by Crippen LogP contribution is -2.61. The van der Waals surface area contributed by atoms with Crippen molar-refractivity contribution in [3.63, 3.8) is 0 Å². The number of nitrogens with zero attached hydrogens (tertiary/aromatic N) is 1. The maximum Gasteiger partial charge on any atom is 0.0545 e. The van der Waals surface area contributed by atoms with Gasteiger partial charge in [-0.1, -0.05) is 40.5 Å². The average Bonchev–Trinajstić information content (AvgIpc) is 2.33. The van der Waals surface area contributed by atoms with Crippen LogP contribution < -0.4 is 5.32 Å². The van der Waals surface area contributed by atoms with E-state index in [4.69, 9.17) is 6.42 Å². The molecule has 0 aliphatic carbocycles. The van der Waals surface area contributed by atoms with E-state index in [0.29, 0.717) is 23.4 Å². The summed E-state index contributed by atoms with van der Waals surface area (Å²) in [5, 5.41) is 3.74. The van der Waals surface area contributed by atoms with E-state index in [-0.39, 0.29) is 0 Å². The molecule has 2 nitrogen and oxygen atoms in total. The first-order valence-electron chi connectivity index (χ1n) is 7.35. The molecule has 0 aromatic heterocycles. The number of piperazine rings is 1. The maximum absolute atomic E-state index is 5.31. The molecule has 0 saturated carbocycles. The zero-order valence-corrected chi connectivity index (χ0v) is 14.0. The molecule has 1 heterocycles. The Hall–Kier alpha value is -0.170. The van der Waals surface area contributed by atoms with Crippen LogP contribution >= 0.6 is 11.8 Å². The second-order valence-corrected chi connectivity index (χ2v) is 8.00. The summed E-state index contributed by atoms with van der Waals surface area (Å²) in [6, 6.07) is 1.24. The lowest BCUT2D eigenvalue weighted by atomic mass is 9.83. The van der Waals surface area contributed by atoms with Crippen LogP contribution in [0.4, 0.5) is 0 Å². The monoisotopic (exact) mass is 282 g/mol. The molecule has 0 amide bonds. The van der Waals surface area contributed by atoms with Gasteiger partial charge >= 0.3 is 0 Å². The largest absolute Gasteiger partial charge is 0.311 e. The normalized spacial score (nSPS) is 25.5. The SMILES string of the molecule is C#CCSCCN1CC(C(C)(C)C)NCC1C(C)C. The third kappa shape index (κ3) is 5.38. The third-order valence-electron chi connectivity index (χ3n) is 3.98. The minimum Gasteiger partial charge on any atom is -0.311 e. The summed E-state index contributed by atoms with van der Waals surface area (Å²) in [4.78, 5) is 2.67. The van der Waals surface area contributed by atoms with Gasteiger partial charge in [-0.2, -0.15) is 0 Å². The summed E-state index contributed by atoms with van der Waals surface area (Å²) in [6.45, 7) is 15.0. The van der Waals surface area contributed by atoms with Crippen LogP contribution in [0.2, 0.25) is 0 Å². The van der Waals surface area contributed by atoms with Crippen molar-refractivity contribution in [3.8, 4) is 12.3 Å². The summed E-state index contributed by atoms with van der Waals surface area (Å²) >= 11 is 1.87. The maximum atomic E-state index is 5.31. The standard InChI is InChI=1S/C16H30N2S/c1-7-9-19-10-8-18-12-15(16(4,5)6)17-11-14(18)13(2)3/h1,13-15,17H,8-12H2,2-6H3. The molecule has 110 valence electrons. The van der Waals surface area contributed by atoms with E-state index in [0.717, 1.165) is 31.1 Å². The van der Waals surface area contributed by atoms with Crippen molar-refractivity contribution in [2.45, 2.75) is 46.7 Å². The molecule has 0 aromatic carbocycles. The molecule has 2 unspecified atom stereocenters. The van der Waals surface area contributed by atoms with Crippen LogP contribution in [-0.2, 0) is 0 Å². The number of nitrogens with one attached hydrogen (secondary N) is 1. The molecular formula is C16H30N2S. The molecule has 3 heteroatoms. The van der Waals surface area contributed by atoms with Crippen LogP contribution in [0.25, 0.3) is 0 Å². The first-order valence-corrected chi connectivity index (χ1v) is 8.50. The van der Waals surface area contributed by atoms with Gasteiger partial charge in [-0.15, -0.1) is 18.2 Å². The van der Waals surface area contributed by atoms with Gasteiger partial charge in [0.25, 0.3) is 0 Å². The molecule has 0 bridgehead atoms. The van der Waals surface area contributed by atoms with Gasteiger partial charge in [-0.3, -0.25) is 4.90 Å². The molecule has 0 spiro atoms. The fourth-order valence-electron chi connectivity index (χ4n) is 2.63. The van der Waals surface area contributed by atoms with Crippen LogP contribution in [0.1, 0.15) is 34.6 Å². The zero-order valence-electron chi connectivity index (χ0n) is 13.2. The predicted octanol–water partition coefficient (Wildman–Crippen LogP) is 2.70. The Morgan fingerprint density at radius 1 is 1.42 bits per heavy atom.